The lowest BCUT2D eigenvalue weighted by Gasteiger charge is -2.13. The van der Waals surface area contributed by atoms with E-state index in [1.807, 2.05) is 18.2 Å². The molecule has 0 saturated carbocycles. The number of thioether (sulfide) groups is 1. The van der Waals surface area contributed by atoms with Gasteiger partial charge in [0.05, 0.1) is 14.2 Å². The lowest BCUT2D eigenvalue weighted by atomic mass is 10.1. The monoisotopic (exact) mass is 431 g/mol. The van der Waals surface area contributed by atoms with Gasteiger partial charge in [-0.25, -0.2) is 0 Å². The van der Waals surface area contributed by atoms with Gasteiger partial charge in [0.25, 0.3) is 0 Å². The molecule has 0 aliphatic rings. The number of nitrogens with zero attached hydrogens (tertiary/aromatic N) is 3. The van der Waals surface area contributed by atoms with E-state index in [1.165, 1.54) is 16.7 Å². The van der Waals surface area contributed by atoms with Gasteiger partial charge in [0.1, 0.15) is 0 Å². The maximum atomic E-state index is 5.50. The van der Waals surface area contributed by atoms with Gasteiger partial charge in [-0.05, 0) is 49.7 Å². The van der Waals surface area contributed by atoms with E-state index in [0.29, 0.717) is 11.5 Å². The second kappa shape index (κ2) is 9.27. The van der Waals surface area contributed by atoms with Crippen LogP contribution in [0.3, 0.4) is 0 Å². The lowest BCUT2D eigenvalue weighted by molar-refractivity contribution is 0.355. The van der Waals surface area contributed by atoms with Crippen molar-refractivity contribution in [3.8, 4) is 28.6 Å². The first-order valence-electron chi connectivity index (χ1n) is 10.0. The Hall–Kier alpha value is -3.25. The lowest BCUT2D eigenvalue weighted by Crippen LogP contribution is -2.00. The Labute approximate surface area is 187 Å². The number of methoxy groups -OCH3 is 2. The Balaban J connectivity index is 1.76. The summed E-state index contributed by atoms with van der Waals surface area (Å²) in [6, 6.07) is 22.7. The first kappa shape index (κ1) is 21.0. The van der Waals surface area contributed by atoms with Gasteiger partial charge >= 0.3 is 0 Å². The fourth-order valence-corrected chi connectivity index (χ4v) is 4.30. The van der Waals surface area contributed by atoms with Gasteiger partial charge in [-0.3, -0.25) is 4.57 Å². The SMILES string of the molecule is COc1ccc(-c2nnc(SCc3cccc(C)c3)n2-c2ccc(C)cc2)cc1OC. The standard InChI is InChI=1S/C25H25N3O2S/c1-17-8-11-21(12-9-17)28-24(20-10-13-22(29-3)23(15-20)30-4)26-27-25(28)31-16-19-7-5-6-18(2)14-19/h5-15H,16H2,1-4H3. The van der Waals surface area contributed by atoms with Crippen molar-refractivity contribution in [2.75, 3.05) is 14.2 Å². The Morgan fingerprint density at radius 1 is 0.806 bits per heavy atom. The molecular formula is C25H25N3O2S. The molecule has 1 heterocycles. The number of hydrogen-bond donors (Lipinski definition) is 0. The molecule has 0 aliphatic carbocycles. The first-order valence-corrected chi connectivity index (χ1v) is 11.0. The summed E-state index contributed by atoms with van der Waals surface area (Å²) in [5, 5.41) is 9.92. The molecule has 3 aromatic carbocycles. The van der Waals surface area contributed by atoms with Crippen LogP contribution in [0.5, 0.6) is 11.5 Å². The molecule has 0 atom stereocenters. The highest BCUT2D eigenvalue weighted by Crippen LogP contribution is 2.35. The Bertz CT molecular complexity index is 1190. The van der Waals surface area contributed by atoms with Crippen LogP contribution in [0.1, 0.15) is 16.7 Å². The molecule has 31 heavy (non-hydrogen) atoms. The van der Waals surface area contributed by atoms with Crippen LogP contribution in [0.25, 0.3) is 17.1 Å². The number of hydrogen-bond acceptors (Lipinski definition) is 5. The van der Waals surface area contributed by atoms with Gasteiger partial charge in [-0.1, -0.05) is 59.3 Å². The third-order valence-corrected chi connectivity index (χ3v) is 6.02. The molecule has 158 valence electrons. The van der Waals surface area contributed by atoms with Crippen LogP contribution >= 0.6 is 11.8 Å². The molecule has 0 N–H and O–H groups in total. The molecule has 0 amide bonds. The summed E-state index contributed by atoms with van der Waals surface area (Å²) in [4.78, 5) is 0. The van der Waals surface area contributed by atoms with Crippen molar-refractivity contribution >= 4 is 11.8 Å². The van der Waals surface area contributed by atoms with Crippen molar-refractivity contribution < 1.29 is 9.47 Å². The zero-order valence-corrected chi connectivity index (χ0v) is 18.9. The third kappa shape index (κ3) is 4.59. The number of aromatic nitrogens is 3. The minimum absolute atomic E-state index is 0.660. The Morgan fingerprint density at radius 2 is 1.58 bits per heavy atom. The van der Waals surface area contributed by atoms with Crippen LogP contribution in [-0.2, 0) is 5.75 Å². The average Bonchev–Trinajstić information content (AvgIpc) is 3.21. The average molecular weight is 432 g/mol. The highest BCUT2D eigenvalue weighted by molar-refractivity contribution is 7.98. The van der Waals surface area contributed by atoms with Crippen molar-refractivity contribution in [2.45, 2.75) is 24.8 Å². The van der Waals surface area contributed by atoms with E-state index in [4.69, 9.17) is 9.47 Å². The summed E-state index contributed by atoms with van der Waals surface area (Å²) in [6.07, 6.45) is 0. The van der Waals surface area contributed by atoms with Crippen molar-refractivity contribution in [1.82, 2.24) is 14.8 Å². The van der Waals surface area contributed by atoms with E-state index < -0.39 is 0 Å². The highest BCUT2D eigenvalue weighted by atomic mass is 32.2. The number of benzene rings is 3. The molecule has 0 fully saturated rings. The number of rotatable bonds is 7. The Kier molecular flexibility index (Phi) is 6.28. The van der Waals surface area contributed by atoms with Gasteiger partial charge < -0.3 is 9.47 Å². The van der Waals surface area contributed by atoms with E-state index in [0.717, 1.165) is 28.0 Å². The maximum Gasteiger partial charge on any atom is 0.196 e. The minimum atomic E-state index is 0.660. The van der Waals surface area contributed by atoms with Crippen molar-refractivity contribution in [3.63, 3.8) is 0 Å². The smallest absolute Gasteiger partial charge is 0.196 e. The quantitative estimate of drug-likeness (QED) is 0.343. The predicted molar refractivity (Wildman–Crippen MR) is 125 cm³/mol. The second-order valence-corrected chi connectivity index (χ2v) is 8.27. The third-order valence-electron chi connectivity index (χ3n) is 5.02. The molecule has 0 unspecified atom stereocenters. The van der Waals surface area contributed by atoms with E-state index >= 15 is 0 Å². The molecule has 0 bridgehead atoms. The Morgan fingerprint density at radius 3 is 2.29 bits per heavy atom. The van der Waals surface area contributed by atoms with Gasteiger partial charge in [-0.2, -0.15) is 0 Å². The summed E-state index contributed by atoms with van der Waals surface area (Å²) in [6.45, 7) is 4.19. The predicted octanol–water partition coefficient (Wildman–Crippen LogP) is 5.86. The molecule has 4 aromatic rings. The molecule has 4 rings (SSSR count). The van der Waals surface area contributed by atoms with E-state index in [-0.39, 0.29) is 0 Å². The zero-order chi connectivity index (χ0) is 21.8. The summed E-state index contributed by atoms with van der Waals surface area (Å²) in [5.41, 5.74) is 5.65. The van der Waals surface area contributed by atoms with E-state index in [9.17, 15) is 0 Å². The first-order chi connectivity index (χ1) is 15.1. The molecule has 5 nitrogen and oxygen atoms in total. The van der Waals surface area contributed by atoms with Gasteiger partial charge in [0.2, 0.25) is 0 Å². The van der Waals surface area contributed by atoms with Crippen LogP contribution in [-0.4, -0.2) is 29.0 Å². The largest absolute Gasteiger partial charge is 0.493 e. The van der Waals surface area contributed by atoms with Crippen LogP contribution in [0.15, 0.2) is 71.9 Å². The maximum absolute atomic E-state index is 5.50. The van der Waals surface area contributed by atoms with E-state index in [1.54, 1.807) is 26.0 Å². The second-order valence-electron chi connectivity index (χ2n) is 7.32. The van der Waals surface area contributed by atoms with Crippen molar-refractivity contribution in [1.29, 1.82) is 0 Å². The summed E-state index contributed by atoms with van der Waals surface area (Å²) in [5.74, 6) is 2.92. The van der Waals surface area contributed by atoms with Gasteiger partial charge in [0, 0.05) is 17.0 Å². The van der Waals surface area contributed by atoms with Crippen LogP contribution < -0.4 is 9.47 Å². The summed E-state index contributed by atoms with van der Waals surface area (Å²) in [7, 11) is 3.27. The number of ether oxygens (including phenoxy) is 2. The minimum Gasteiger partial charge on any atom is -0.493 e. The normalized spacial score (nSPS) is 10.8. The topological polar surface area (TPSA) is 49.2 Å². The molecular weight excluding hydrogens is 406 g/mol. The molecule has 6 heteroatoms. The summed E-state index contributed by atoms with van der Waals surface area (Å²) < 4.78 is 13.0. The van der Waals surface area contributed by atoms with Crippen LogP contribution in [0, 0.1) is 13.8 Å². The van der Waals surface area contributed by atoms with Crippen molar-refractivity contribution in [2.24, 2.45) is 0 Å². The van der Waals surface area contributed by atoms with Gasteiger partial charge in [-0.15, -0.1) is 10.2 Å². The van der Waals surface area contributed by atoms with Crippen molar-refractivity contribution in [3.05, 3.63) is 83.4 Å². The van der Waals surface area contributed by atoms with Crippen LogP contribution in [0.4, 0.5) is 0 Å². The zero-order valence-electron chi connectivity index (χ0n) is 18.1. The van der Waals surface area contributed by atoms with E-state index in [2.05, 4.69) is 77.1 Å². The van der Waals surface area contributed by atoms with Gasteiger partial charge in [0.15, 0.2) is 22.5 Å². The molecule has 1 aromatic heterocycles. The fourth-order valence-electron chi connectivity index (χ4n) is 3.40. The fraction of sp³-hybridized carbons (Fsp3) is 0.200. The summed E-state index contributed by atoms with van der Waals surface area (Å²) >= 11 is 1.67. The van der Waals surface area contributed by atoms with Crippen LogP contribution in [0.2, 0.25) is 0 Å². The highest BCUT2D eigenvalue weighted by Gasteiger charge is 2.18. The molecule has 0 saturated heterocycles. The molecule has 0 spiro atoms. The number of aryl methyl sites for hydroxylation is 2. The molecule has 0 radical (unpaired) electrons. The molecule has 0 aliphatic heterocycles.